The van der Waals surface area contributed by atoms with Crippen LogP contribution in [-0.4, -0.2) is 4.98 Å². The minimum atomic E-state index is -0.166. The van der Waals surface area contributed by atoms with E-state index in [-0.39, 0.29) is 5.82 Å². The minimum absolute atomic E-state index is 0.166. The zero-order valence-corrected chi connectivity index (χ0v) is 14.4. The number of nitrogens with zero attached hydrogens (tertiary/aromatic N) is 1. The third kappa shape index (κ3) is 2.63. The number of halogens is 1. The van der Waals surface area contributed by atoms with Crippen molar-refractivity contribution in [3.8, 4) is 11.3 Å². The Morgan fingerprint density at radius 3 is 2.39 bits per heavy atom. The van der Waals surface area contributed by atoms with Crippen LogP contribution in [0.3, 0.4) is 0 Å². The van der Waals surface area contributed by atoms with E-state index in [2.05, 4.69) is 37.0 Å². The Morgan fingerprint density at radius 1 is 0.957 bits per heavy atom. The first kappa shape index (κ1) is 15.7. The summed E-state index contributed by atoms with van der Waals surface area (Å²) in [6.07, 6.45) is 1.78. The Balaban J connectivity index is 2.34. The summed E-state index contributed by atoms with van der Waals surface area (Å²) in [5.41, 5.74) is 5.37. The van der Waals surface area contributed by atoms with Gasteiger partial charge in [0.1, 0.15) is 5.82 Å². The number of aryl methyl sites for hydroxylation is 2. The van der Waals surface area contributed by atoms with E-state index in [1.54, 1.807) is 6.20 Å². The standard InChI is InChI=1S/C21H22FN/c1-12(2)16-6-7-18-17(11-16)8-9-23-21(18)19-15(5)13(3)10-14(4)20(19)22/h6-12H,1-5H3. The summed E-state index contributed by atoms with van der Waals surface area (Å²) in [4.78, 5) is 4.52. The van der Waals surface area contributed by atoms with E-state index in [1.807, 2.05) is 32.9 Å². The number of hydrogen-bond donors (Lipinski definition) is 0. The third-order valence-electron chi connectivity index (χ3n) is 4.66. The number of pyridine rings is 1. The molecule has 0 atom stereocenters. The van der Waals surface area contributed by atoms with E-state index in [0.717, 1.165) is 27.6 Å². The first-order valence-corrected chi connectivity index (χ1v) is 8.05. The third-order valence-corrected chi connectivity index (χ3v) is 4.66. The predicted molar refractivity (Wildman–Crippen MR) is 95.4 cm³/mol. The number of rotatable bonds is 2. The monoisotopic (exact) mass is 307 g/mol. The Hall–Kier alpha value is -2.22. The van der Waals surface area contributed by atoms with E-state index < -0.39 is 0 Å². The first-order chi connectivity index (χ1) is 10.9. The van der Waals surface area contributed by atoms with Crippen molar-refractivity contribution in [2.75, 3.05) is 0 Å². The summed E-state index contributed by atoms with van der Waals surface area (Å²) in [7, 11) is 0. The molecule has 0 saturated carbocycles. The second-order valence-electron chi connectivity index (χ2n) is 6.62. The summed E-state index contributed by atoms with van der Waals surface area (Å²) in [6.45, 7) is 10.2. The highest BCUT2D eigenvalue weighted by Crippen LogP contribution is 2.34. The van der Waals surface area contributed by atoms with Crippen LogP contribution in [0.2, 0.25) is 0 Å². The lowest BCUT2D eigenvalue weighted by Crippen LogP contribution is -1.99. The molecule has 0 aliphatic rings. The molecule has 23 heavy (non-hydrogen) atoms. The summed E-state index contributed by atoms with van der Waals surface area (Å²) in [5, 5.41) is 2.11. The average molecular weight is 307 g/mol. The lowest BCUT2D eigenvalue weighted by molar-refractivity contribution is 0.620. The van der Waals surface area contributed by atoms with Gasteiger partial charge in [0, 0.05) is 17.1 Å². The van der Waals surface area contributed by atoms with Crippen LogP contribution in [0.25, 0.3) is 22.0 Å². The Morgan fingerprint density at radius 2 is 1.70 bits per heavy atom. The van der Waals surface area contributed by atoms with Crippen molar-refractivity contribution in [1.29, 1.82) is 0 Å². The van der Waals surface area contributed by atoms with E-state index in [4.69, 9.17) is 0 Å². The summed E-state index contributed by atoms with van der Waals surface area (Å²) < 4.78 is 14.8. The average Bonchev–Trinajstić information content (AvgIpc) is 2.53. The van der Waals surface area contributed by atoms with Gasteiger partial charge in [0.2, 0.25) is 0 Å². The summed E-state index contributed by atoms with van der Waals surface area (Å²) in [6, 6.07) is 10.3. The van der Waals surface area contributed by atoms with Gasteiger partial charge in [-0.1, -0.05) is 38.1 Å². The molecule has 0 fully saturated rings. The quantitative estimate of drug-likeness (QED) is 0.558. The highest BCUT2D eigenvalue weighted by molar-refractivity contribution is 5.96. The van der Waals surface area contributed by atoms with Gasteiger partial charge in [0.25, 0.3) is 0 Å². The van der Waals surface area contributed by atoms with Crippen LogP contribution in [-0.2, 0) is 0 Å². The molecule has 2 heteroatoms. The van der Waals surface area contributed by atoms with Gasteiger partial charge in [-0.2, -0.15) is 0 Å². The normalized spacial score (nSPS) is 11.4. The Kier molecular flexibility index (Phi) is 3.93. The van der Waals surface area contributed by atoms with Crippen molar-refractivity contribution in [3.05, 3.63) is 64.6 Å². The lowest BCUT2D eigenvalue weighted by atomic mass is 9.93. The van der Waals surface area contributed by atoms with Crippen LogP contribution in [0, 0.1) is 26.6 Å². The Bertz CT molecular complexity index is 868. The van der Waals surface area contributed by atoms with Gasteiger partial charge in [0.05, 0.1) is 5.69 Å². The number of fused-ring (bicyclic) bond motifs is 1. The second-order valence-corrected chi connectivity index (χ2v) is 6.62. The zero-order chi connectivity index (χ0) is 16.7. The largest absolute Gasteiger partial charge is 0.255 e. The molecule has 0 amide bonds. The molecule has 0 spiro atoms. The summed E-state index contributed by atoms with van der Waals surface area (Å²) >= 11 is 0. The highest BCUT2D eigenvalue weighted by atomic mass is 19.1. The molecule has 2 aromatic carbocycles. The van der Waals surface area contributed by atoms with Gasteiger partial charge in [-0.05, 0) is 60.4 Å². The molecule has 0 aliphatic heterocycles. The second kappa shape index (κ2) is 5.77. The molecular formula is C21H22FN. The molecular weight excluding hydrogens is 285 g/mol. The molecule has 1 aromatic heterocycles. The number of hydrogen-bond acceptors (Lipinski definition) is 1. The predicted octanol–water partition coefficient (Wildman–Crippen LogP) is 6.09. The fourth-order valence-corrected chi connectivity index (χ4v) is 3.09. The van der Waals surface area contributed by atoms with Gasteiger partial charge in [-0.25, -0.2) is 4.39 Å². The molecule has 0 bridgehead atoms. The van der Waals surface area contributed by atoms with Crippen LogP contribution in [0.15, 0.2) is 36.5 Å². The molecule has 1 heterocycles. The SMILES string of the molecule is Cc1cc(C)c(F)c(-c2nccc3cc(C(C)C)ccc23)c1C. The van der Waals surface area contributed by atoms with Gasteiger partial charge in [-0.3, -0.25) is 4.98 Å². The van der Waals surface area contributed by atoms with Crippen molar-refractivity contribution in [2.24, 2.45) is 0 Å². The van der Waals surface area contributed by atoms with Gasteiger partial charge in [-0.15, -0.1) is 0 Å². The molecule has 0 saturated heterocycles. The maximum atomic E-state index is 14.8. The van der Waals surface area contributed by atoms with E-state index in [1.165, 1.54) is 5.56 Å². The van der Waals surface area contributed by atoms with Crippen LogP contribution in [0.1, 0.15) is 42.0 Å². The van der Waals surface area contributed by atoms with Crippen molar-refractivity contribution in [2.45, 2.75) is 40.5 Å². The maximum Gasteiger partial charge on any atom is 0.135 e. The van der Waals surface area contributed by atoms with Gasteiger partial charge in [0.15, 0.2) is 0 Å². The van der Waals surface area contributed by atoms with Crippen LogP contribution in [0.4, 0.5) is 4.39 Å². The van der Waals surface area contributed by atoms with Crippen molar-refractivity contribution in [3.63, 3.8) is 0 Å². The van der Waals surface area contributed by atoms with Crippen LogP contribution in [0.5, 0.6) is 0 Å². The van der Waals surface area contributed by atoms with E-state index >= 15 is 0 Å². The fourth-order valence-electron chi connectivity index (χ4n) is 3.09. The smallest absolute Gasteiger partial charge is 0.135 e. The topological polar surface area (TPSA) is 12.9 Å². The van der Waals surface area contributed by atoms with Crippen molar-refractivity contribution in [1.82, 2.24) is 4.98 Å². The number of benzene rings is 2. The molecule has 0 N–H and O–H groups in total. The highest BCUT2D eigenvalue weighted by Gasteiger charge is 2.17. The van der Waals surface area contributed by atoms with Crippen LogP contribution >= 0.6 is 0 Å². The molecule has 1 nitrogen and oxygen atoms in total. The molecule has 0 aliphatic carbocycles. The first-order valence-electron chi connectivity index (χ1n) is 8.05. The van der Waals surface area contributed by atoms with E-state index in [0.29, 0.717) is 17.0 Å². The van der Waals surface area contributed by atoms with Crippen LogP contribution < -0.4 is 0 Å². The number of aromatic nitrogens is 1. The molecule has 0 unspecified atom stereocenters. The molecule has 3 rings (SSSR count). The van der Waals surface area contributed by atoms with Crippen molar-refractivity contribution < 1.29 is 4.39 Å². The van der Waals surface area contributed by atoms with Gasteiger partial charge < -0.3 is 0 Å². The lowest BCUT2D eigenvalue weighted by Gasteiger charge is -2.15. The Labute approximate surface area is 137 Å². The maximum absolute atomic E-state index is 14.8. The molecule has 3 aromatic rings. The minimum Gasteiger partial charge on any atom is -0.255 e. The fraction of sp³-hybridized carbons (Fsp3) is 0.286. The summed E-state index contributed by atoms with van der Waals surface area (Å²) in [5.74, 6) is 0.303. The van der Waals surface area contributed by atoms with Crippen molar-refractivity contribution >= 4 is 10.8 Å². The van der Waals surface area contributed by atoms with Gasteiger partial charge >= 0.3 is 0 Å². The molecule has 118 valence electrons. The van der Waals surface area contributed by atoms with E-state index in [9.17, 15) is 4.39 Å². The zero-order valence-electron chi connectivity index (χ0n) is 14.4. The molecule has 0 radical (unpaired) electrons.